The summed E-state index contributed by atoms with van der Waals surface area (Å²) in [6, 6.07) is 1.87. The molecule has 6 heteroatoms. The molecule has 0 aliphatic heterocycles. The molecule has 0 aliphatic rings. The number of rotatable bonds is 4. The van der Waals surface area contributed by atoms with Crippen molar-refractivity contribution in [2.75, 3.05) is 0 Å². The third kappa shape index (κ3) is 2.77. The van der Waals surface area contributed by atoms with E-state index in [1.54, 1.807) is 21.8 Å². The summed E-state index contributed by atoms with van der Waals surface area (Å²) in [5.74, 6) is -0.0543. The zero-order valence-corrected chi connectivity index (χ0v) is 10.8. The first kappa shape index (κ1) is 12.3. The molecule has 0 aromatic carbocycles. The number of carbonyl (C=O) groups is 1. The minimum atomic E-state index is -0.0543. The third-order valence-corrected chi connectivity index (χ3v) is 2.89. The molecule has 0 spiro atoms. The SMILES string of the molecule is Cc1ccn(CC(=O)NCc2cnn(C)c2C)n1. The van der Waals surface area contributed by atoms with Crippen molar-refractivity contribution in [1.82, 2.24) is 24.9 Å². The van der Waals surface area contributed by atoms with Crippen molar-refractivity contribution in [3.8, 4) is 0 Å². The molecule has 0 radical (unpaired) electrons. The molecule has 0 fully saturated rings. The maximum Gasteiger partial charge on any atom is 0.241 e. The molecule has 96 valence electrons. The maximum atomic E-state index is 11.7. The van der Waals surface area contributed by atoms with Crippen LogP contribution in [0.1, 0.15) is 17.0 Å². The van der Waals surface area contributed by atoms with Gasteiger partial charge in [-0.3, -0.25) is 14.2 Å². The highest BCUT2D eigenvalue weighted by Gasteiger charge is 2.07. The number of nitrogens with zero attached hydrogens (tertiary/aromatic N) is 4. The summed E-state index contributed by atoms with van der Waals surface area (Å²) in [6.07, 6.45) is 3.57. The highest BCUT2D eigenvalue weighted by molar-refractivity contribution is 5.75. The van der Waals surface area contributed by atoms with E-state index >= 15 is 0 Å². The molecule has 0 atom stereocenters. The average Bonchev–Trinajstić information content (AvgIpc) is 2.86. The van der Waals surface area contributed by atoms with E-state index in [0.717, 1.165) is 17.0 Å². The Hall–Kier alpha value is -2.11. The Balaban J connectivity index is 1.87. The van der Waals surface area contributed by atoms with Gasteiger partial charge in [0.05, 0.1) is 11.9 Å². The Morgan fingerprint density at radius 3 is 2.78 bits per heavy atom. The van der Waals surface area contributed by atoms with Crippen molar-refractivity contribution in [2.24, 2.45) is 7.05 Å². The highest BCUT2D eigenvalue weighted by atomic mass is 16.2. The van der Waals surface area contributed by atoms with E-state index < -0.39 is 0 Å². The largest absolute Gasteiger partial charge is 0.350 e. The van der Waals surface area contributed by atoms with Crippen molar-refractivity contribution < 1.29 is 4.79 Å². The van der Waals surface area contributed by atoms with Gasteiger partial charge in [-0.05, 0) is 19.9 Å². The fourth-order valence-electron chi connectivity index (χ4n) is 1.67. The van der Waals surface area contributed by atoms with E-state index in [9.17, 15) is 4.79 Å². The summed E-state index contributed by atoms with van der Waals surface area (Å²) < 4.78 is 3.42. The minimum absolute atomic E-state index is 0.0543. The van der Waals surface area contributed by atoms with Crippen molar-refractivity contribution >= 4 is 5.91 Å². The van der Waals surface area contributed by atoms with Crippen molar-refractivity contribution in [3.05, 3.63) is 35.4 Å². The van der Waals surface area contributed by atoms with Crippen LogP contribution in [0, 0.1) is 13.8 Å². The van der Waals surface area contributed by atoms with Crippen molar-refractivity contribution in [2.45, 2.75) is 26.9 Å². The van der Waals surface area contributed by atoms with Crippen molar-refractivity contribution in [3.63, 3.8) is 0 Å². The van der Waals surface area contributed by atoms with Gasteiger partial charge in [-0.1, -0.05) is 0 Å². The number of carbonyl (C=O) groups excluding carboxylic acids is 1. The Bertz CT molecular complexity index is 555. The van der Waals surface area contributed by atoms with Crippen LogP contribution in [0.2, 0.25) is 0 Å². The van der Waals surface area contributed by atoms with Crippen LogP contribution in [0.3, 0.4) is 0 Å². The van der Waals surface area contributed by atoms with E-state index in [1.165, 1.54) is 0 Å². The van der Waals surface area contributed by atoms with Crippen LogP contribution in [0.25, 0.3) is 0 Å². The summed E-state index contributed by atoms with van der Waals surface area (Å²) >= 11 is 0. The zero-order chi connectivity index (χ0) is 13.1. The van der Waals surface area contributed by atoms with Gasteiger partial charge in [-0.25, -0.2) is 0 Å². The average molecular weight is 247 g/mol. The van der Waals surface area contributed by atoms with Gasteiger partial charge in [0.2, 0.25) is 5.91 Å². The van der Waals surface area contributed by atoms with Gasteiger partial charge in [0.1, 0.15) is 6.54 Å². The second-order valence-electron chi connectivity index (χ2n) is 4.31. The topological polar surface area (TPSA) is 64.7 Å². The van der Waals surface area contributed by atoms with E-state index in [2.05, 4.69) is 15.5 Å². The number of hydrogen-bond acceptors (Lipinski definition) is 3. The van der Waals surface area contributed by atoms with Gasteiger partial charge in [0.25, 0.3) is 0 Å². The summed E-state index contributed by atoms with van der Waals surface area (Å²) in [5, 5.41) is 11.2. The molecule has 0 unspecified atom stereocenters. The molecule has 0 bridgehead atoms. The van der Waals surface area contributed by atoms with E-state index in [0.29, 0.717) is 6.54 Å². The molecule has 0 saturated carbocycles. The number of amides is 1. The maximum absolute atomic E-state index is 11.7. The quantitative estimate of drug-likeness (QED) is 0.858. The fourth-order valence-corrected chi connectivity index (χ4v) is 1.67. The molecular formula is C12H17N5O. The highest BCUT2D eigenvalue weighted by Crippen LogP contribution is 2.04. The van der Waals surface area contributed by atoms with Crippen LogP contribution in [0.15, 0.2) is 18.5 Å². The Morgan fingerprint density at radius 2 is 2.22 bits per heavy atom. The molecule has 0 aliphatic carbocycles. The van der Waals surface area contributed by atoms with Gasteiger partial charge in [-0.2, -0.15) is 10.2 Å². The molecule has 0 saturated heterocycles. The Morgan fingerprint density at radius 1 is 1.44 bits per heavy atom. The number of nitrogens with one attached hydrogen (secondary N) is 1. The second kappa shape index (κ2) is 5.03. The molecular weight excluding hydrogens is 230 g/mol. The first-order chi connectivity index (χ1) is 8.56. The van der Waals surface area contributed by atoms with E-state index in [4.69, 9.17) is 0 Å². The standard InChI is InChI=1S/C12H17N5O/c1-9-4-5-17(15-9)8-12(18)13-6-11-7-14-16(3)10(11)2/h4-5,7H,6,8H2,1-3H3,(H,13,18). The molecule has 6 nitrogen and oxygen atoms in total. The summed E-state index contributed by atoms with van der Waals surface area (Å²) in [7, 11) is 1.88. The van der Waals surface area contributed by atoms with Crippen LogP contribution < -0.4 is 5.32 Å². The van der Waals surface area contributed by atoms with Crippen LogP contribution >= 0.6 is 0 Å². The van der Waals surface area contributed by atoms with Gasteiger partial charge in [0, 0.05) is 31.0 Å². The molecule has 2 aromatic heterocycles. The predicted molar refractivity (Wildman–Crippen MR) is 66.8 cm³/mol. The lowest BCUT2D eigenvalue weighted by Gasteiger charge is -2.05. The minimum Gasteiger partial charge on any atom is -0.350 e. The number of aryl methyl sites for hydroxylation is 2. The lowest BCUT2D eigenvalue weighted by Crippen LogP contribution is -2.27. The predicted octanol–water partition coefficient (Wildman–Crippen LogP) is 0.550. The van der Waals surface area contributed by atoms with Gasteiger partial charge >= 0.3 is 0 Å². The Labute approximate surface area is 106 Å². The molecule has 2 aromatic rings. The van der Waals surface area contributed by atoms with Crippen LogP contribution in [-0.4, -0.2) is 25.5 Å². The van der Waals surface area contributed by atoms with Crippen LogP contribution in [0.5, 0.6) is 0 Å². The third-order valence-electron chi connectivity index (χ3n) is 2.89. The van der Waals surface area contributed by atoms with Crippen LogP contribution in [0.4, 0.5) is 0 Å². The summed E-state index contributed by atoms with van der Waals surface area (Å²) in [4.78, 5) is 11.7. The molecule has 1 N–H and O–H groups in total. The number of aromatic nitrogens is 4. The van der Waals surface area contributed by atoms with Gasteiger partial charge in [-0.15, -0.1) is 0 Å². The smallest absolute Gasteiger partial charge is 0.241 e. The first-order valence-electron chi connectivity index (χ1n) is 5.80. The molecule has 2 heterocycles. The monoisotopic (exact) mass is 247 g/mol. The van der Waals surface area contributed by atoms with E-state index in [1.807, 2.05) is 27.0 Å². The molecule has 1 amide bonds. The summed E-state index contributed by atoms with van der Waals surface area (Å²) in [6.45, 7) is 4.62. The lowest BCUT2D eigenvalue weighted by molar-refractivity contribution is -0.122. The normalized spacial score (nSPS) is 10.6. The van der Waals surface area contributed by atoms with Gasteiger partial charge < -0.3 is 5.32 Å². The molecule has 18 heavy (non-hydrogen) atoms. The van der Waals surface area contributed by atoms with Gasteiger partial charge in [0.15, 0.2) is 0 Å². The zero-order valence-electron chi connectivity index (χ0n) is 10.8. The van der Waals surface area contributed by atoms with E-state index in [-0.39, 0.29) is 12.5 Å². The first-order valence-corrected chi connectivity index (χ1v) is 5.80. The lowest BCUT2D eigenvalue weighted by atomic mass is 10.2. The van der Waals surface area contributed by atoms with Crippen molar-refractivity contribution in [1.29, 1.82) is 0 Å². The summed E-state index contributed by atoms with van der Waals surface area (Å²) in [5.41, 5.74) is 3.00. The molecule has 2 rings (SSSR count). The second-order valence-corrected chi connectivity index (χ2v) is 4.31. The fraction of sp³-hybridized carbons (Fsp3) is 0.417. The number of hydrogen-bond donors (Lipinski definition) is 1. The Kier molecular flexibility index (Phi) is 3.45. The van der Waals surface area contributed by atoms with Crippen LogP contribution in [-0.2, 0) is 24.9 Å².